The second-order valence-corrected chi connectivity index (χ2v) is 5.63. The van der Waals surface area contributed by atoms with Gasteiger partial charge in [-0.25, -0.2) is 0 Å². The second-order valence-electron chi connectivity index (χ2n) is 5.63. The Hall–Kier alpha value is -1.02. The van der Waals surface area contributed by atoms with Gasteiger partial charge in [0.1, 0.15) is 11.4 Å². The normalized spacial score (nSPS) is 40.4. The van der Waals surface area contributed by atoms with E-state index in [0.29, 0.717) is 0 Å². The lowest BCUT2D eigenvalue weighted by molar-refractivity contribution is 0.0631. The molecule has 2 aliphatic rings. The summed E-state index contributed by atoms with van der Waals surface area (Å²) in [6.45, 7) is 6.58. The van der Waals surface area contributed by atoms with Crippen LogP contribution in [0.2, 0.25) is 0 Å². The van der Waals surface area contributed by atoms with Gasteiger partial charge < -0.3 is 10.5 Å². The maximum absolute atomic E-state index is 6.32. The Labute approximate surface area is 96.8 Å². The highest BCUT2D eigenvalue weighted by atomic mass is 16.5. The molecule has 0 saturated heterocycles. The van der Waals surface area contributed by atoms with E-state index >= 15 is 0 Å². The predicted octanol–water partition coefficient (Wildman–Crippen LogP) is 2.52. The van der Waals surface area contributed by atoms with Gasteiger partial charge in [0.15, 0.2) is 0 Å². The molecule has 3 atom stereocenters. The zero-order valence-corrected chi connectivity index (χ0v) is 10.2. The lowest BCUT2D eigenvalue weighted by atomic mass is 9.71. The third kappa shape index (κ3) is 0.921. The van der Waals surface area contributed by atoms with Crippen LogP contribution in [0.5, 0.6) is 5.75 Å². The smallest absolute Gasteiger partial charge is 0.127 e. The fourth-order valence-electron chi connectivity index (χ4n) is 3.44. The van der Waals surface area contributed by atoms with E-state index in [2.05, 4.69) is 39.0 Å². The number of benzene rings is 1. The molecule has 0 bridgehead atoms. The van der Waals surface area contributed by atoms with Crippen molar-refractivity contribution in [2.24, 2.45) is 5.73 Å². The number of hydrogen-bond donors (Lipinski definition) is 1. The molecule has 1 heterocycles. The Kier molecular flexibility index (Phi) is 1.78. The van der Waals surface area contributed by atoms with E-state index in [1.165, 1.54) is 11.1 Å². The van der Waals surface area contributed by atoms with Crippen LogP contribution in [0.3, 0.4) is 0 Å². The summed E-state index contributed by atoms with van der Waals surface area (Å²) in [6, 6.07) is 6.61. The number of para-hydroxylation sites is 1. The molecule has 0 aromatic heterocycles. The van der Waals surface area contributed by atoms with Crippen molar-refractivity contribution in [1.82, 2.24) is 0 Å². The largest absolute Gasteiger partial charge is 0.486 e. The fourth-order valence-corrected chi connectivity index (χ4v) is 3.44. The summed E-state index contributed by atoms with van der Waals surface area (Å²) < 4.78 is 6.24. The Morgan fingerprint density at radius 3 is 2.88 bits per heavy atom. The van der Waals surface area contributed by atoms with Crippen LogP contribution >= 0.6 is 0 Å². The summed E-state index contributed by atoms with van der Waals surface area (Å²) in [4.78, 5) is 0. The first-order valence-electron chi connectivity index (χ1n) is 6.04. The molecular weight excluding hydrogens is 198 g/mol. The van der Waals surface area contributed by atoms with Gasteiger partial charge in [-0.05, 0) is 32.3 Å². The van der Waals surface area contributed by atoms with Crippen LogP contribution in [0.15, 0.2) is 18.2 Å². The number of fused-ring (bicyclic) bond motifs is 3. The van der Waals surface area contributed by atoms with Crippen molar-refractivity contribution in [3.8, 4) is 5.75 Å². The zero-order chi connectivity index (χ0) is 11.6. The third-order valence-corrected chi connectivity index (χ3v) is 4.87. The summed E-state index contributed by atoms with van der Waals surface area (Å²) in [5.41, 5.74) is 8.72. The highest BCUT2D eigenvalue weighted by Gasteiger charge is 2.61. The van der Waals surface area contributed by atoms with E-state index in [-0.39, 0.29) is 17.1 Å². The van der Waals surface area contributed by atoms with Crippen LogP contribution in [-0.4, -0.2) is 11.6 Å². The number of ether oxygens (including phenoxy) is 1. The monoisotopic (exact) mass is 217 g/mol. The van der Waals surface area contributed by atoms with Crippen LogP contribution in [0.4, 0.5) is 0 Å². The number of aryl methyl sites for hydroxylation is 1. The van der Waals surface area contributed by atoms with Gasteiger partial charge in [0.25, 0.3) is 0 Å². The molecule has 86 valence electrons. The summed E-state index contributed by atoms with van der Waals surface area (Å²) in [7, 11) is 0. The maximum Gasteiger partial charge on any atom is 0.127 e. The summed E-state index contributed by atoms with van der Waals surface area (Å²) in [5, 5.41) is 0. The molecule has 0 spiro atoms. The molecule has 1 aromatic carbocycles. The SMILES string of the molecule is Cc1cccc2c1OC1(C)CC[C@H](N)C21C. The molecule has 16 heavy (non-hydrogen) atoms. The van der Waals surface area contributed by atoms with Crippen molar-refractivity contribution in [3.05, 3.63) is 29.3 Å². The van der Waals surface area contributed by atoms with Gasteiger partial charge in [-0.3, -0.25) is 0 Å². The van der Waals surface area contributed by atoms with Crippen molar-refractivity contribution in [1.29, 1.82) is 0 Å². The number of rotatable bonds is 0. The maximum atomic E-state index is 6.32. The second kappa shape index (κ2) is 2.80. The fraction of sp³-hybridized carbons (Fsp3) is 0.571. The van der Waals surface area contributed by atoms with Crippen LogP contribution in [0.25, 0.3) is 0 Å². The Morgan fingerprint density at radius 1 is 1.38 bits per heavy atom. The number of nitrogens with two attached hydrogens (primary N) is 1. The molecule has 2 N–H and O–H groups in total. The third-order valence-electron chi connectivity index (χ3n) is 4.87. The van der Waals surface area contributed by atoms with Crippen molar-refractivity contribution in [2.75, 3.05) is 0 Å². The standard InChI is InChI=1S/C14H19NO/c1-9-5-4-6-10-12(9)16-13(2)8-7-11(15)14(10,13)3/h4-6,11H,7-8,15H2,1-3H3/t11-,13?,14?/m0/s1. The van der Waals surface area contributed by atoms with Crippen molar-refractivity contribution in [3.63, 3.8) is 0 Å². The van der Waals surface area contributed by atoms with Gasteiger partial charge in [-0.1, -0.05) is 25.1 Å². The van der Waals surface area contributed by atoms with Crippen molar-refractivity contribution in [2.45, 2.75) is 50.7 Å². The molecule has 0 amide bonds. The Bertz CT molecular complexity index is 456. The van der Waals surface area contributed by atoms with Gasteiger partial charge in [-0.15, -0.1) is 0 Å². The van der Waals surface area contributed by atoms with Crippen molar-refractivity contribution >= 4 is 0 Å². The quantitative estimate of drug-likeness (QED) is 0.724. The van der Waals surface area contributed by atoms with Gasteiger partial charge in [-0.2, -0.15) is 0 Å². The molecule has 1 aliphatic heterocycles. The molecule has 2 unspecified atom stereocenters. The first-order valence-corrected chi connectivity index (χ1v) is 6.04. The molecule has 2 heteroatoms. The Balaban J connectivity index is 2.26. The van der Waals surface area contributed by atoms with E-state index in [4.69, 9.17) is 10.5 Å². The lowest BCUT2D eigenvalue weighted by Crippen LogP contribution is -2.50. The topological polar surface area (TPSA) is 35.2 Å². The summed E-state index contributed by atoms with van der Waals surface area (Å²) in [5.74, 6) is 1.07. The van der Waals surface area contributed by atoms with Gasteiger partial charge >= 0.3 is 0 Å². The lowest BCUT2D eigenvalue weighted by Gasteiger charge is -2.35. The molecule has 3 rings (SSSR count). The molecule has 1 saturated carbocycles. The van der Waals surface area contributed by atoms with Crippen LogP contribution in [0, 0.1) is 6.92 Å². The van der Waals surface area contributed by atoms with Gasteiger partial charge in [0.2, 0.25) is 0 Å². The van der Waals surface area contributed by atoms with E-state index in [9.17, 15) is 0 Å². The van der Waals surface area contributed by atoms with Crippen LogP contribution < -0.4 is 10.5 Å². The highest BCUT2D eigenvalue weighted by molar-refractivity contribution is 5.53. The first-order chi connectivity index (χ1) is 7.49. The highest BCUT2D eigenvalue weighted by Crippen LogP contribution is 2.57. The van der Waals surface area contributed by atoms with Gasteiger partial charge in [0.05, 0.1) is 5.41 Å². The minimum atomic E-state index is -0.110. The molecule has 2 nitrogen and oxygen atoms in total. The predicted molar refractivity (Wildman–Crippen MR) is 64.8 cm³/mol. The molecule has 1 fully saturated rings. The molecule has 1 aromatic rings. The van der Waals surface area contributed by atoms with Crippen molar-refractivity contribution < 1.29 is 4.74 Å². The van der Waals surface area contributed by atoms with Crippen LogP contribution in [-0.2, 0) is 5.41 Å². The average molecular weight is 217 g/mol. The van der Waals surface area contributed by atoms with E-state index < -0.39 is 0 Å². The van der Waals surface area contributed by atoms with Gasteiger partial charge in [0, 0.05) is 11.6 Å². The Morgan fingerprint density at radius 2 is 2.12 bits per heavy atom. The van der Waals surface area contributed by atoms with E-state index in [0.717, 1.165) is 18.6 Å². The zero-order valence-electron chi connectivity index (χ0n) is 10.2. The summed E-state index contributed by atoms with van der Waals surface area (Å²) in [6.07, 6.45) is 2.11. The first kappa shape index (κ1) is 10.2. The molecular formula is C14H19NO. The minimum absolute atomic E-state index is 0.0195. The van der Waals surface area contributed by atoms with E-state index in [1.807, 2.05) is 0 Å². The molecule has 1 aliphatic carbocycles. The number of hydrogen-bond acceptors (Lipinski definition) is 2. The minimum Gasteiger partial charge on any atom is -0.486 e. The van der Waals surface area contributed by atoms with E-state index in [1.54, 1.807) is 0 Å². The average Bonchev–Trinajstić information content (AvgIpc) is 2.61. The summed E-state index contributed by atoms with van der Waals surface area (Å²) >= 11 is 0. The molecule has 0 radical (unpaired) electrons. The van der Waals surface area contributed by atoms with Crippen LogP contribution in [0.1, 0.15) is 37.8 Å².